The van der Waals surface area contributed by atoms with Gasteiger partial charge in [0.15, 0.2) is 0 Å². The highest BCUT2D eigenvalue weighted by Gasteiger charge is 2.28. The Kier molecular flexibility index (Phi) is 5.81. The third-order valence-corrected chi connectivity index (χ3v) is 6.03. The van der Waals surface area contributed by atoms with Crippen LogP contribution in [0.5, 0.6) is 11.5 Å². The van der Waals surface area contributed by atoms with Crippen LogP contribution < -0.4 is 9.47 Å². The molecule has 0 amide bonds. The molecule has 4 rings (SSSR count). The van der Waals surface area contributed by atoms with E-state index in [-0.39, 0.29) is 0 Å². The molecule has 0 aliphatic carbocycles. The van der Waals surface area contributed by atoms with Crippen molar-refractivity contribution in [2.75, 3.05) is 20.8 Å². The fourth-order valence-electron chi connectivity index (χ4n) is 4.38. The highest BCUT2D eigenvalue weighted by atomic mass is 16.5. The zero-order valence-electron chi connectivity index (χ0n) is 18.4. The molecule has 7 heteroatoms. The quantitative estimate of drug-likeness (QED) is 0.599. The van der Waals surface area contributed by atoms with Crippen molar-refractivity contribution >= 4 is 0 Å². The maximum Gasteiger partial charge on any atom is 0.230 e. The van der Waals surface area contributed by atoms with Gasteiger partial charge in [-0.3, -0.25) is 4.90 Å². The Labute approximate surface area is 177 Å². The molecule has 0 bridgehead atoms. The number of benzene rings is 1. The molecule has 1 saturated heterocycles. The van der Waals surface area contributed by atoms with Gasteiger partial charge in [-0.25, -0.2) is 9.97 Å². The fraction of sp³-hybridized carbons (Fsp3) is 0.478. The molecule has 0 N–H and O–H groups in total. The van der Waals surface area contributed by atoms with E-state index in [0.717, 1.165) is 59.4 Å². The minimum Gasteiger partial charge on any atom is -0.496 e. The lowest BCUT2D eigenvalue weighted by Crippen LogP contribution is -2.34. The van der Waals surface area contributed by atoms with Gasteiger partial charge in [-0.2, -0.15) is 0 Å². The first-order chi connectivity index (χ1) is 14.5. The second-order valence-corrected chi connectivity index (χ2v) is 7.87. The van der Waals surface area contributed by atoms with Gasteiger partial charge in [-0.05, 0) is 45.4 Å². The number of ether oxygens (including phenoxy) is 2. The highest BCUT2D eigenvalue weighted by Crippen LogP contribution is 2.38. The number of hydrogen-bond donors (Lipinski definition) is 0. The summed E-state index contributed by atoms with van der Waals surface area (Å²) in [4.78, 5) is 11.9. The Balaban J connectivity index is 1.63. The summed E-state index contributed by atoms with van der Waals surface area (Å²) >= 11 is 0. The molecule has 1 fully saturated rings. The molecule has 0 spiro atoms. The first kappa shape index (κ1) is 20.5. The van der Waals surface area contributed by atoms with Gasteiger partial charge >= 0.3 is 0 Å². The van der Waals surface area contributed by atoms with Gasteiger partial charge < -0.3 is 18.5 Å². The Hall–Kier alpha value is -2.80. The predicted octanol–water partition coefficient (Wildman–Crippen LogP) is 4.44. The van der Waals surface area contributed by atoms with E-state index >= 15 is 0 Å². The summed E-state index contributed by atoms with van der Waals surface area (Å²) in [6.45, 7) is 5.73. The number of rotatable bonds is 6. The second-order valence-electron chi connectivity index (χ2n) is 7.87. The molecule has 1 atom stereocenters. The molecule has 2 aromatic heterocycles. The average Bonchev–Trinajstić information content (AvgIpc) is 3.33. The summed E-state index contributed by atoms with van der Waals surface area (Å²) in [5.74, 6) is 4.04. The van der Waals surface area contributed by atoms with E-state index in [2.05, 4.69) is 21.5 Å². The number of piperidine rings is 1. The number of likely N-dealkylation sites (tertiary alicyclic amines) is 1. The van der Waals surface area contributed by atoms with Gasteiger partial charge in [0.05, 0.1) is 31.5 Å². The first-order valence-electron chi connectivity index (χ1n) is 10.4. The molecule has 0 radical (unpaired) electrons. The van der Waals surface area contributed by atoms with Crippen LogP contribution in [-0.2, 0) is 13.6 Å². The number of nitrogens with zero attached hydrogens (tertiary/aromatic N) is 4. The minimum absolute atomic E-state index is 0.302. The van der Waals surface area contributed by atoms with Crippen LogP contribution in [0.1, 0.15) is 48.1 Å². The molecule has 30 heavy (non-hydrogen) atoms. The third kappa shape index (κ3) is 3.69. The van der Waals surface area contributed by atoms with Crippen molar-refractivity contribution in [3.05, 3.63) is 47.4 Å². The lowest BCUT2D eigenvalue weighted by Gasteiger charge is -2.34. The Morgan fingerprint density at radius 2 is 2.00 bits per heavy atom. The van der Waals surface area contributed by atoms with Gasteiger partial charge in [-0.15, -0.1) is 0 Å². The largest absolute Gasteiger partial charge is 0.496 e. The van der Waals surface area contributed by atoms with E-state index in [0.29, 0.717) is 11.9 Å². The normalized spacial score (nSPS) is 17.3. The molecular formula is C23H30N4O3. The monoisotopic (exact) mass is 410 g/mol. The third-order valence-electron chi connectivity index (χ3n) is 6.03. The van der Waals surface area contributed by atoms with Crippen LogP contribution in [0.25, 0.3) is 11.5 Å². The van der Waals surface area contributed by atoms with Crippen molar-refractivity contribution < 1.29 is 13.9 Å². The first-order valence-corrected chi connectivity index (χ1v) is 10.4. The topological polar surface area (TPSA) is 65.5 Å². The van der Waals surface area contributed by atoms with Gasteiger partial charge in [0, 0.05) is 31.5 Å². The summed E-state index contributed by atoms with van der Waals surface area (Å²) in [5.41, 5.74) is 2.73. The van der Waals surface area contributed by atoms with E-state index in [1.807, 2.05) is 38.4 Å². The second kappa shape index (κ2) is 8.52. The van der Waals surface area contributed by atoms with E-state index in [1.54, 1.807) is 14.2 Å². The van der Waals surface area contributed by atoms with Crippen molar-refractivity contribution in [3.8, 4) is 23.0 Å². The van der Waals surface area contributed by atoms with Crippen molar-refractivity contribution in [2.24, 2.45) is 7.05 Å². The average molecular weight is 411 g/mol. The number of imidazole rings is 1. The summed E-state index contributed by atoms with van der Waals surface area (Å²) in [7, 11) is 5.38. The molecular weight excluding hydrogens is 380 g/mol. The van der Waals surface area contributed by atoms with Gasteiger partial charge in [0.1, 0.15) is 23.1 Å². The van der Waals surface area contributed by atoms with Crippen molar-refractivity contribution in [2.45, 2.75) is 45.7 Å². The zero-order chi connectivity index (χ0) is 21.3. The molecule has 1 aliphatic rings. The lowest BCUT2D eigenvalue weighted by molar-refractivity contribution is 0.129. The van der Waals surface area contributed by atoms with Crippen LogP contribution in [0.4, 0.5) is 0 Å². The molecule has 0 unspecified atom stereocenters. The van der Waals surface area contributed by atoms with E-state index < -0.39 is 0 Å². The molecule has 3 heterocycles. The Morgan fingerprint density at radius 1 is 1.17 bits per heavy atom. The van der Waals surface area contributed by atoms with Crippen molar-refractivity contribution in [1.82, 2.24) is 19.4 Å². The summed E-state index contributed by atoms with van der Waals surface area (Å²) in [6.07, 6.45) is 7.41. The molecule has 3 aromatic rings. The highest BCUT2D eigenvalue weighted by molar-refractivity contribution is 5.68. The minimum atomic E-state index is 0.302. The summed E-state index contributed by atoms with van der Waals surface area (Å²) < 4.78 is 19.3. The Morgan fingerprint density at radius 3 is 2.70 bits per heavy atom. The number of oxazole rings is 1. The molecule has 7 nitrogen and oxygen atoms in total. The number of aryl methyl sites for hydroxylation is 2. The van der Waals surface area contributed by atoms with Crippen LogP contribution in [-0.4, -0.2) is 40.2 Å². The SMILES string of the molecule is COc1ccc(-c2nc(CN3CCCC[C@@H]3c3nccn3C)c(C)o2)c(OC)c1C. The van der Waals surface area contributed by atoms with Crippen LogP contribution in [0, 0.1) is 13.8 Å². The fourth-order valence-corrected chi connectivity index (χ4v) is 4.38. The summed E-state index contributed by atoms with van der Waals surface area (Å²) in [6, 6.07) is 4.17. The van der Waals surface area contributed by atoms with Crippen LogP contribution in [0.15, 0.2) is 28.9 Å². The van der Waals surface area contributed by atoms with E-state index in [4.69, 9.17) is 18.9 Å². The molecule has 0 saturated carbocycles. The summed E-state index contributed by atoms with van der Waals surface area (Å²) in [5, 5.41) is 0. The predicted molar refractivity (Wildman–Crippen MR) is 115 cm³/mol. The maximum absolute atomic E-state index is 6.08. The van der Waals surface area contributed by atoms with Gasteiger partial charge in [0.2, 0.25) is 5.89 Å². The number of hydrogen-bond acceptors (Lipinski definition) is 6. The standard InChI is InChI=1S/C23H30N4O3/c1-15-20(28-4)10-9-17(21(15)29-5)23-25-18(16(2)30-23)14-27-12-7-6-8-19(27)22-24-11-13-26(22)3/h9-11,13,19H,6-8,12,14H2,1-5H3/t19-/m1/s1. The molecule has 1 aromatic carbocycles. The molecule has 160 valence electrons. The maximum atomic E-state index is 6.08. The van der Waals surface area contributed by atoms with Gasteiger partial charge in [-0.1, -0.05) is 6.42 Å². The lowest BCUT2D eigenvalue weighted by atomic mass is 10.0. The van der Waals surface area contributed by atoms with Crippen molar-refractivity contribution in [3.63, 3.8) is 0 Å². The van der Waals surface area contributed by atoms with E-state index in [1.165, 1.54) is 12.8 Å². The Bertz CT molecular complexity index is 1020. The smallest absolute Gasteiger partial charge is 0.230 e. The van der Waals surface area contributed by atoms with Crippen LogP contribution >= 0.6 is 0 Å². The number of aromatic nitrogens is 3. The van der Waals surface area contributed by atoms with Crippen LogP contribution in [0.3, 0.4) is 0 Å². The van der Waals surface area contributed by atoms with E-state index in [9.17, 15) is 0 Å². The zero-order valence-corrected chi connectivity index (χ0v) is 18.4. The number of methoxy groups -OCH3 is 2. The van der Waals surface area contributed by atoms with Crippen LogP contribution in [0.2, 0.25) is 0 Å². The van der Waals surface area contributed by atoms with Crippen molar-refractivity contribution in [1.29, 1.82) is 0 Å². The van der Waals surface area contributed by atoms with Gasteiger partial charge in [0.25, 0.3) is 0 Å². The molecule has 1 aliphatic heterocycles.